The Morgan fingerprint density at radius 3 is 2.59 bits per heavy atom. The van der Waals surface area contributed by atoms with Crippen LogP contribution in [0.1, 0.15) is 49.8 Å². The van der Waals surface area contributed by atoms with E-state index in [2.05, 4.69) is 36.3 Å². The van der Waals surface area contributed by atoms with Crippen LogP contribution < -0.4 is 5.32 Å². The van der Waals surface area contributed by atoms with Crippen LogP contribution in [0.2, 0.25) is 0 Å². The highest BCUT2D eigenvalue weighted by atomic mass is 16.1. The molecule has 0 saturated carbocycles. The summed E-state index contributed by atoms with van der Waals surface area (Å²) in [5, 5.41) is 15.2. The normalized spacial score (nSPS) is 12.5. The van der Waals surface area contributed by atoms with Crippen molar-refractivity contribution in [3.63, 3.8) is 0 Å². The SMILES string of the molecule is CCNC(=O)c1c(-c2ccnnc2)nn(C(C)C(C)C)c1C. The largest absolute Gasteiger partial charge is 0.352 e. The van der Waals surface area contributed by atoms with Crippen molar-refractivity contribution >= 4 is 5.91 Å². The standard InChI is InChI=1S/C16H23N5O/c1-6-17-16(22)14-12(5)21(11(4)10(2)3)20-15(14)13-7-8-18-19-9-13/h7-11H,6H2,1-5H3,(H,17,22). The number of nitrogens with one attached hydrogen (secondary N) is 1. The van der Waals surface area contributed by atoms with Crippen LogP contribution in [-0.2, 0) is 0 Å². The molecule has 0 bridgehead atoms. The minimum Gasteiger partial charge on any atom is -0.352 e. The zero-order chi connectivity index (χ0) is 16.3. The fourth-order valence-electron chi connectivity index (χ4n) is 2.35. The Kier molecular flexibility index (Phi) is 4.90. The number of carbonyl (C=O) groups excluding carboxylic acids is 1. The van der Waals surface area contributed by atoms with Gasteiger partial charge >= 0.3 is 0 Å². The van der Waals surface area contributed by atoms with E-state index in [1.807, 2.05) is 24.6 Å². The van der Waals surface area contributed by atoms with Crippen molar-refractivity contribution in [2.24, 2.45) is 5.92 Å². The summed E-state index contributed by atoms with van der Waals surface area (Å²) in [5.74, 6) is 0.318. The van der Waals surface area contributed by atoms with Crippen LogP contribution in [0.3, 0.4) is 0 Å². The molecule has 6 heteroatoms. The second-order valence-electron chi connectivity index (χ2n) is 5.73. The molecule has 0 aromatic carbocycles. The zero-order valence-electron chi connectivity index (χ0n) is 13.8. The first kappa shape index (κ1) is 16.1. The van der Waals surface area contributed by atoms with Gasteiger partial charge in [-0.05, 0) is 32.8 Å². The number of carbonyl (C=O) groups is 1. The van der Waals surface area contributed by atoms with Crippen LogP contribution in [-0.4, -0.2) is 32.4 Å². The Morgan fingerprint density at radius 2 is 2.05 bits per heavy atom. The molecule has 0 aliphatic rings. The van der Waals surface area contributed by atoms with Crippen molar-refractivity contribution in [3.05, 3.63) is 29.7 Å². The molecule has 0 aliphatic heterocycles. The lowest BCUT2D eigenvalue weighted by Crippen LogP contribution is -2.24. The van der Waals surface area contributed by atoms with E-state index in [0.29, 0.717) is 23.7 Å². The van der Waals surface area contributed by atoms with Gasteiger partial charge in [-0.1, -0.05) is 13.8 Å². The molecule has 1 atom stereocenters. The molecule has 1 N–H and O–H groups in total. The predicted octanol–water partition coefficient (Wildman–Crippen LogP) is 2.62. The van der Waals surface area contributed by atoms with E-state index in [-0.39, 0.29) is 11.9 Å². The maximum atomic E-state index is 12.5. The van der Waals surface area contributed by atoms with Gasteiger partial charge in [-0.3, -0.25) is 9.48 Å². The molecular weight excluding hydrogens is 278 g/mol. The first-order chi connectivity index (χ1) is 10.5. The summed E-state index contributed by atoms with van der Waals surface area (Å²) in [6.45, 7) is 10.8. The minimum atomic E-state index is -0.103. The number of amides is 1. The van der Waals surface area contributed by atoms with E-state index in [9.17, 15) is 4.79 Å². The zero-order valence-corrected chi connectivity index (χ0v) is 13.8. The lowest BCUT2D eigenvalue weighted by Gasteiger charge is -2.18. The topological polar surface area (TPSA) is 72.7 Å². The van der Waals surface area contributed by atoms with E-state index in [0.717, 1.165) is 11.3 Å². The third-order valence-corrected chi connectivity index (χ3v) is 3.92. The summed E-state index contributed by atoms with van der Waals surface area (Å²) in [6, 6.07) is 2.03. The first-order valence-corrected chi connectivity index (χ1v) is 7.61. The summed E-state index contributed by atoms with van der Waals surface area (Å²) in [4.78, 5) is 12.5. The van der Waals surface area contributed by atoms with Crippen LogP contribution in [0, 0.1) is 12.8 Å². The number of nitrogens with zero attached hydrogens (tertiary/aromatic N) is 4. The smallest absolute Gasteiger partial charge is 0.255 e. The molecule has 0 fully saturated rings. The fraction of sp³-hybridized carbons (Fsp3) is 0.500. The molecule has 6 nitrogen and oxygen atoms in total. The summed E-state index contributed by atoms with van der Waals surface area (Å²) >= 11 is 0. The third kappa shape index (κ3) is 3.00. The number of hydrogen-bond donors (Lipinski definition) is 1. The molecule has 118 valence electrons. The number of hydrogen-bond acceptors (Lipinski definition) is 4. The lowest BCUT2D eigenvalue weighted by molar-refractivity contribution is 0.0955. The lowest BCUT2D eigenvalue weighted by atomic mass is 10.1. The average molecular weight is 301 g/mol. The molecule has 0 spiro atoms. The molecule has 1 amide bonds. The fourth-order valence-corrected chi connectivity index (χ4v) is 2.35. The van der Waals surface area contributed by atoms with Crippen molar-refractivity contribution in [1.29, 1.82) is 0 Å². The maximum absolute atomic E-state index is 12.5. The second kappa shape index (κ2) is 6.68. The van der Waals surface area contributed by atoms with Gasteiger partial charge < -0.3 is 5.32 Å². The van der Waals surface area contributed by atoms with Gasteiger partial charge in [0.25, 0.3) is 5.91 Å². The van der Waals surface area contributed by atoms with E-state index < -0.39 is 0 Å². The Balaban J connectivity index is 2.60. The van der Waals surface area contributed by atoms with Crippen LogP contribution in [0.25, 0.3) is 11.3 Å². The molecular formula is C16H23N5O. The van der Waals surface area contributed by atoms with Crippen molar-refractivity contribution in [1.82, 2.24) is 25.3 Å². The van der Waals surface area contributed by atoms with Crippen molar-refractivity contribution in [3.8, 4) is 11.3 Å². The molecule has 2 rings (SSSR count). The monoisotopic (exact) mass is 301 g/mol. The Hall–Kier alpha value is -2.24. The van der Waals surface area contributed by atoms with Gasteiger partial charge in [0.1, 0.15) is 5.69 Å². The van der Waals surface area contributed by atoms with Gasteiger partial charge in [-0.2, -0.15) is 15.3 Å². The molecule has 2 aromatic heterocycles. The van der Waals surface area contributed by atoms with Crippen LogP contribution >= 0.6 is 0 Å². The number of rotatable bonds is 5. The van der Waals surface area contributed by atoms with Gasteiger partial charge in [-0.25, -0.2) is 0 Å². The molecule has 0 aliphatic carbocycles. The Labute approximate surface area is 130 Å². The Bertz CT molecular complexity index is 648. The average Bonchev–Trinajstić information content (AvgIpc) is 2.85. The van der Waals surface area contributed by atoms with Gasteiger partial charge in [0, 0.05) is 17.8 Å². The second-order valence-corrected chi connectivity index (χ2v) is 5.73. The molecule has 1 unspecified atom stereocenters. The van der Waals surface area contributed by atoms with Gasteiger partial charge in [0.2, 0.25) is 0 Å². The summed E-state index contributed by atoms with van der Waals surface area (Å²) < 4.78 is 1.94. The van der Waals surface area contributed by atoms with Crippen LogP contribution in [0.15, 0.2) is 18.5 Å². The Morgan fingerprint density at radius 1 is 1.32 bits per heavy atom. The van der Waals surface area contributed by atoms with E-state index in [1.54, 1.807) is 12.4 Å². The van der Waals surface area contributed by atoms with Crippen LogP contribution in [0.5, 0.6) is 0 Å². The quantitative estimate of drug-likeness (QED) is 0.921. The highest BCUT2D eigenvalue weighted by Gasteiger charge is 2.25. The first-order valence-electron chi connectivity index (χ1n) is 7.61. The van der Waals surface area contributed by atoms with E-state index >= 15 is 0 Å². The van der Waals surface area contributed by atoms with Gasteiger partial charge in [0.15, 0.2) is 0 Å². The highest BCUT2D eigenvalue weighted by Crippen LogP contribution is 2.28. The van der Waals surface area contributed by atoms with Gasteiger partial charge in [-0.15, -0.1) is 0 Å². The number of aromatic nitrogens is 4. The van der Waals surface area contributed by atoms with Crippen molar-refractivity contribution in [2.75, 3.05) is 6.54 Å². The maximum Gasteiger partial charge on any atom is 0.255 e. The van der Waals surface area contributed by atoms with Crippen LogP contribution in [0.4, 0.5) is 0 Å². The summed E-state index contributed by atoms with van der Waals surface area (Å²) in [6.07, 6.45) is 3.24. The van der Waals surface area contributed by atoms with Crippen molar-refractivity contribution in [2.45, 2.75) is 40.7 Å². The molecule has 0 saturated heterocycles. The molecule has 2 aromatic rings. The van der Waals surface area contributed by atoms with Crippen molar-refractivity contribution < 1.29 is 4.79 Å². The predicted molar refractivity (Wildman–Crippen MR) is 85.5 cm³/mol. The summed E-state index contributed by atoms with van der Waals surface area (Å²) in [7, 11) is 0. The van der Waals surface area contributed by atoms with E-state index in [4.69, 9.17) is 5.10 Å². The molecule has 22 heavy (non-hydrogen) atoms. The van der Waals surface area contributed by atoms with E-state index in [1.165, 1.54) is 0 Å². The molecule has 0 radical (unpaired) electrons. The minimum absolute atomic E-state index is 0.103. The highest BCUT2D eigenvalue weighted by molar-refractivity contribution is 6.01. The van der Waals surface area contributed by atoms with Gasteiger partial charge in [0.05, 0.1) is 24.0 Å². The summed E-state index contributed by atoms with van der Waals surface area (Å²) in [5.41, 5.74) is 2.95. The third-order valence-electron chi connectivity index (χ3n) is 3.92. The molecule has 2 heterocycles.